The van der Waals surface area contributed by atoms with Crippen LogP contribution in [0.1, 0.15) is 19.8 Å². The van der Waals surface area contributed by atoms with E-state index in [4.69, 9.17) is 5.73 Å². The van der Waals surface area contributed by atoms with Gasteiger partial charge >= 0.3 is 0 Å². The highest BCUT2D eigenvalue weighted by atomic mass is 35.5. The van der Waals surface area contributed by atoms with Crippen LogP contribution in [0.2, 0.25) is 0 Å². The molecule has 0 radical (unpaired) electrons. The fourth-order valence-corrected chi connectivity index (χ4v) is 1.31. The summed E-state index contributed by atoms with van der Waals surface area (Å²) in [5.74, 6) is 0. The zero-order valence-electron chi connectivity index (χ0n) is 6.70. The quantitative estimate of drug-likeness (QED) is 0.633. The first-order valence-electron chi connectivity index (χ1n) is 3.18. The van der Waals surface area contributed by atoms with Gasteiger partial charge in [-0.15, -0.1) is 12.4 Å². The highest BCUT2D eigenvalue weighted by molar-refractivity contribution is 7.88. The second-order valence-corrected chi connectivity index (χ2v) is 4.07. The minimum Gasteiger partial charge on any atom is -0.315 e. The van der Waals surface area contributed by atoms with Gasteiger partial charge in [-0.1, -0.05) is 13.3 Å². The Morgan fingerprint density at radius 1 is 1.55 bits per heavy atom. The number of hydrogen-bond donors (Lipinski definition) is 2. The molecule has 0 aliphatic rings. The van der Waals surface area contributed by atoms with Crippen molar-refractivity contribution in [3.05, 3.63) is 0 Å². The van der Waals surface area contributed by atoms with Crippen molar-refractivity contribution in [1.29, 1.82) is 0 Å². The summed E-state index contributed by atoms with van der Waals surface area (Å²) in [7, 11) is -3.12. The number of rotatable bonds is 4. The first-order chi connectivity index (χ1) is 4.45. The molecule has 0 saturated carbocycles. The van der Waals surface area contributed by atoms with Gasteiger partial charge in [0, 0.05) is 0 Å². The predicted molar refractivity (Wildman–Crippen MR) is 48.1 cm³/mol. The standard InChI is InChI=1S/C5H14N2O2S.ClH/c1-3-4-5(6)7-10(2,8)9;/h5,7H,3-4,6H2,1-2H3;1H. The van der Waals surface area contributed by atoms with Gasteiger partial charge < -0.3 is 5.73 Å². The Balaban J connectivity index is 0. The Morgan fingerprint density at radius 2 is 2.00 bits per heavy atom. The minimum atomic E-state index is -3.12. The first-order valence-corrected chi connectivity index (χ1v) is 5.07. The molecule has 0 saturated heterocycles. The summed E-state index contributed by atoms with van der Waals surface area (Å²) in [4.78, 5) is 0. The molecule has 0 heterocycles. The molecule has 0 aliphatic heterocycles. The van der Waals surface area contributed by atoms with Gasteiger partial charge in [0.25, 0.3) is 0 Å². The molecule has 1 atom stereocenters. The second kappa shape index (κ2) is 5.77. The van der Waals surface area contributed by atoms with Gasteiger partial charge in [0.1, 0.15) is 0 Å². The van der Waals surface area contributed by atoms with E-state index in [-0.39, 0.29) is 12.4 Å². The topological polar surface area (TPSA) is 72.2 Å². The smallest absolute Gasteiger partial charge is 0.210 e. The van der Waals surface area contributed by atoms with E-state index in [2.05, 4.69) is 4.72 Å². The molecule has 0 spiro atoms. The van der Waals surface area contributed by atoms with E-state index in [0.29, 0.717) is 6.42 Å². The molecule has 0 aromatic heterocycles. The van der Waals surface area contributed by atoms with Crippen molar-refractivity contribution in [3.8, 4) is 0 Å². The third-order valence-electron chi connectivity index (χ3n) is 0.965. The zero-order valence-corrected chi connectivity index (χ0v) is 8.33. The Bertz CT molecular complexity index is 181. The second-order valence-electron chi connectivity index (χ2n) is 2.29. The van der Waals surface area contributed by atoms with Crippen molar-refractivity contribution >= 4 is 22.4 Å². The van der Waals surface area contributed by atoms with Gasteiger partial charge in [-0.25, -0.2) is 8.42 Å². The van der Waals surface area contributed by atoms with E-state index in [1.807, 2.05) is 6.92 Å². The van der Waals surface area contributed by atoms with Crippen LogP contribution in [0, 0.1) is 0 Å². The van der Waals surface area contributed by atoms with Crippen LogP contribution in [0.5, 0.6) is 0 Å². The average Bonchev–Trinajstić information content (AvgIpc) is 1.59. The lowest BCUT2D eigenvalue weighted by Crippen LogP contribution is -2.40. The molecule has 0 rings (SSSR count). The van der Waals surface area contributed by atoms with E-state index in [0.717, 1.165) is 12.7 Å². The lowest BCUT2D eigenvalue weighted by atomic mass is 10.3. The maximum absolute atomic E-state index is 10.5. The molecule has 70 valence electrons. The SMILES string of the molecule is CCCC(N)NS(C)(=O)=O.Cl. The average molecular weight is 203 g/mol. The maximum Gasteiger partial charge on any atom is 0.210 e. The predicted octanol–water partition coefficient (Wildman–Crippen LogP) is 0.0423. The summed E-state index contributed by atoms with van der Waals surface area (Å²) in [5, 5.41) is 0. The van der Waals surface area contributed by atoms with Crippen molar-refractivity contribution in [1.82, 2.24) is 4.72 Å². The van der Waals surface area contributed by atoms with Crippen LogP contribution in [0.25, 0.3) is 0 Å². The van der Waals surface area contributed by atoms with Crippen LogP contribution in [-0.2, 0) is 10.0 Å². The molecule has 0 bridgehead atoms. The van der Waals surface area contributed by atoms with E-state index >= 15 is 0 Å². The molecule has 3 N–H and O–H groups in total. The highest BCUT2D eigenvalue weighted by Gasteiger charge is 2.06. The lowest BCUT2D eigenvalue weighted by molar-refractivity contribution is 0.537. The van der Waals surface area contributed by atoms with Crippen LogP contribution >= 0.6 is 12.4 Å². The van der Waals surface area contributed by atoms with E-state index in [1.54, 1.807) is 0 Å². The number of nitrogens with one attached hydrogen (secondary N) is 1. The van der Waals surface area contributed by atoms with E-state index in [1.165, 1.54) is 0 Å². The highest BCUT2D eigenvalue weighted by Crippen LogP contribution is 1.90. The molecular weight excluding hydrogens is 188 g/mol. The third kappa shape index (κ3) is 10.2. The Hall–Kier alpha value is 0.160. The van der Waals surface area contributed by atoms with E-state index < -0.39 is 16.2 Å². The molecular formula is C5H15ClN2O2S. The molecule has 0 amide bonds. The van der Waals surface area contributed by atoms with Crippen LogP contribution in [0.15, 0.2) is 0 Å². The first kappa shape index (κ1) is 13.7. The summed E-state index contributed by atoms with van der Waals surface area (Å²) in [6.07, 6.45) is 2.22. The maximum atomic E-state index is 10.5. The van der Waals surface area contributed by atoms with Gasteiger partial charge in [0.2, 0.25) is 10.0 Å². The molecule has 0 aromatic carbocycles. The molecule has 0 aromatic rings. The number of hydrogen-bond acceptors (Lipinski definition) is 3. The van der Waals surface area contributed by atoms with Crippen molar-refractivity contribution in [2.75, 3.05) is 6.26 Å². The molecule has 1 unspecified atom stereocenters. The molecule has 0 aliphatic carbocycles. The van der Waals surface area contributed by atoms with E-state index in [9.17, 15) is 8.42 Å². The summed E-state index contributed by atoms with van der Waals surface area (Å²) in [5.41, 5.74) is 5.38. The van der Waals surface area contributed by atoms with Crippen molar-refractivity contribution in [3.63, 3.8) is 0 Å². The number of halogens is 1. The summed E-state index contributed by atoms with van der Waals surface area (Å²) in [6.45, 7) is 1.95. The molecule has 4 nitrogen and oxygen atoms in total. The largest absolute Gasteiger partial charge is 0.315 e. The third-order valence-corrected chi connectivity index (χ3v) is 1.70. The van der Waals surface area contributed by atoms with Crippen molar-refractivity contribution in [2.24, 2.45) is 5.73 Å². The van der Waals surface area contributed by atoms with Crippen LogP contribution in [0.3, 0.4) is 0 Å². The van der Waals surface area contributed by atoms with Gasteiger partial charge in [-0.2, -0.15) is 4.72 Å². The molecule has 11 heavy (non-hydrogen) atoms. The Labute approximate surface area is 74.0 Å². The Kier molecular flexibility index (Phi) is 7.20. The fraction of sp³-hybridized carbons (Fsp3) is 1.00. The fourth-order valence-electron chi connectivity index (χ4n) is 0.645. The molecule has 0 fully saturated rings. The summed E-state index contributed by atoms with van der Waals surface area (Å²) >= 11 is 0. The summed E-state index contributed by atoms with van der Waals surface area (Å²) in [6, 6.07) is 0. The zero-order chi connectivity index (χ0) is 8.20. The van der Waals surface area contributed by atoms with Gasteiger partial charge in [-0.05, 0) is 6.42 Å². The number of sulfonamides is 1. The van der Waals surface area contributed by atoms with Crippen LogP contribution in [-0.4, -0.2) is 20.8 Å². The normalized spacial score (nSPS) is 13.7. The van der Waals surface area contributed by atoms with Crippen molar-refractivity contribution < 1.29 is 8.42 Å². The van der Waals surface area contributed by atoms with Crippen molar-refractivity contribution in [2.45, 2.75) is 25.9 Å². The Morgan fingerprint density at radius 3 is 2.27 bits per heavy atom. The van der Waals surface area contributed by atoms with Gasteiger partial charge in [-0.3, -0.25) is 0 Å². The van der Waals surface area contributed by atoms with Gasteiger partial charge in [0.15, 0.2) is 0 Å². The lowest BCUT2D eigenvalue weighted by Gasteiger charge is -2.09. The molecule has 6 heteroatoms. The number of nitrogens with two attached hydrogens (primary N) is 1. The van der Waals surface area contributed by atoms with Gasteiger partial charge in [0.05, 0.1) is 12.4 Å². The monoisotopic (exact) mass is 202 g/mol. The van der Waals surface area contributed by atoms with Crippen LogP contribution < -0.4 is 10.5 Å². The minimum absolute atomic E-state index is 0. The summed E-state index contributed by atoms with van der Waals surface area (Å²) < 4.78 is 23.3. The van der Waals surface area contributed by atoms with Crippen LogP contribution in [0.4, 0.5) is 0 Å².